The van der Waals surface area contributed by atoms with E-state index in [1.165, 1.54) is 32.3 Å². The molecule has 0 spiro atoms. The van der Waals surface area contributed by atoms with Gasteiger partial charge in [0, 0.05) is 0 Å². The topological polar surface area (TPSA) is 0 Å². The van der Waals surface area contributed by atoms with Crippen molar-refractivity contribution in [2.75, 3.05) is 0 Å². The molecule has 3 rings (SSSR count). The maximum absolute atomic E-state index is 2.68. The average Bonchev–Trinajstić information content (AvgIpc) is 2.75. The summed E-state index contributed by atoms with van der Waals surface area (Å²) in [5, 5.41) is 5.33. The second-order valence-corrected chi connectivity index (χ2v) is 6.01. The third kappa shape index (κ3) is 8.74. The van der Waals surface area contributed by atoms with Crippen LogP contribution in [0.5, 0.6) is 0 Å². The lowest BCUT2D eigenvalue weighted by Crippen LogP contribution is -2.25. The Labute approximate surface area is 172 Å². The monoisotopic (exact) mass is 372 g/mol. The van der Waals surface area contributed by atoms with Gasteiger partial charge in [0.1, 0.15) is 0 Å². The van der Waals surface area contributed by atoms with Crippen LogP contribution in [-0.4, -0.2) is 0 Å². The van der Waals surface area contributed by atoms with Crippen molar-refractivity contribution in [1.29, 1.82) is 0 Å². The van der Waals surface area contributed by atoms with E-state index in [1.807, 2.05) is 27.7 Å². The summed E-state index contributed by atoms with van der Waals surface area (Å²) in [5.41, 5.74) is 2.67. The van der Waals surface area contributed by atoms with Gasteiger partial charge in [-0.1, -0.05) is 92.2 Å². The van der Waals surface area contributed by atoms with Gasteiger partial charge in [0.15, 0.2) is 0 Å². The molecule has 3 aromatic carbocycles. The zero-order chi connectivity index (χ0) is 21.4. The van der Waals surface area contributed by atoms with E-state index in [0.29, 0.717) is 0 Å². The van der Waals surface area contributed by atoms with Gasteiger partial charge in [0.2, 0.25) is 0 Å². The lowest BCUT2D eigenvalue weighted by Gasteiger charge is -1.96. The molecule has 0 heteroatoms. The van der Waals surface area contributed by atoms with Gasteiger partial charge in [-0.3, -0.25) is 0 Å². The minimum absolute atomic E-state index is 1.32. The molecule has 0 saturated carbocycles. The van der Waals surface area contributed by atoms with Gasteiger partial charge in [0.25, 0.3) is 0 Å². The Balaban J connectivity index is 0.000000409. The third-order valence-electron chi connectivity index (χ3n) is 4.11. The fraction of sp³-hybridized carbons (Fsp3) is 0.286. The minimum Gasteiger partial charge on any atom is -0.107 e. The van der Waals surface area contributed by atoms with Gasteiger partial charge in [-0.2, -0.15) is 0 Å². The van der Waals surface area contributed by atoms with Crippen molar-refractivity contribution >= 4 is 22.9 Å². The Hall–Kier alpha value is -2.78. The van der Waals surface area contributed by atoms with Crippen LogP contribution in [0, 0.1) is 25.7 Å². The van der Waals surface area contributed by atoms with Gasteiger partial charge in [-0.15, -0.1) is 11.8 Å². The quantitative estimate of drug-likeness (QED) is 0.381. The van der Waals surface area contributed by atoms with E-state index in [1.54, 1.807) is 0 Å². The number of hydrogen-bond acceptors (Lipinski definition) is 0. The molecule has 3 aromatic rings. The zero-order valence-electron chi connectivity index (χ0n) is 18.9. The summed E-state index contributed by atoms with van der Waals surface area (Å²) < 4.78 is 0. The largest absolute Gasteiger partial charge is 0.107 e. The highest BCUT2D eigenvalue weighted by Crippen LogP contribution is 2.14. The van der Waals surface area contributed by atoms with Crippen molar-refractivity contribution in [2.24, 2.45) is 0 Å². The average molecular weight is 373 g/mol. The summed E-state index contributed by atoms with van der Waals surface area (Å²) >= 11 is 0. The van der Waals surface area contributed by atoms with Crippen molar-refractivity contribution in [2.45, 2.75) is 55.4 Å². The second-order valence-electron chi connectivity index (χ2n) is 6.01. The molecule has 0 bridgehead atoms. The molecule has 0 saturated heterocycles. The summed E-state index contributed by atoms with van der Waals surface area (Å²) in [5.74, 6) is 5.36. The van der Waals surface area contributed by atoms with Gasteiger partial charge in [-0.25, -0.2) is 0 Å². The van der Waals surface area contributed by atoms with Crippen molar-refractivity contribution < 1.29 is 0 Å². The van der Waals surface area contributed by atoms with Crippen LogP contribution < -0.4 is 10.4 Å². The van der Waals surface area contributed by atoms with E-state index in [0.717, 1.165) is 0 Å². The Morgan fingerprint density at radius 1 is 0.679 bits per heavy atom. The van der Waals surface area contributed by atoms with E-state index in [-0.39, 0.29) is 0 Å². The van der Waals surface area contributed by atoms with E-state index < -0.39 is 0 Å². The molecule has 0 amide bonds. The van der Waals surface area contributed by atoms with E-state index in [2.05, 4.69) is 112 Å². The molecule has 0 nitrogen and oxygen atoms in total. The van der Waals surface area contributed by atoms with Crippen molar-refractivity contribution in [3.8, 4) is 11.8 Å². The standard InChI is InChI=1S/C11H10.C11H14.C4H6.C2H6/c1-9-6-7-10-4-2-3-5-11(10)8-9;1-4-10-8-6-7-9(3)11(10)5-2;1-3-4-2;1-2/h2-8H,1H3;4-8H,1-3H3;1-2H3;1-2H3/b;10-4-,11-5-;;. The molecule has 0 radical (unpaired) electrons. The zero-order valence-corrected chi connectivity index (χ0v) is 18.9. The molecule has 28 heavy (non-hydrogen) atoms. The Morgan fingerprint density at radius 3 is 1.79 bits per heavy atom. The molecule has 0 N–H and O–H groups in total. The summed E-state index contributed by atoms with van der Waals surface area (Å²) in [6.45, 7) is 16.0. The van der Waals surface area contributed by atoms with Gasteiger partial charge in [0.05, 0.1) is 0 Å². The predicted octanol–water partition coefficient (Wildman–Crippen LogP) is 6.80. The smallest absolute Gasteiger partial charge is 0.00271 e. The molecule has 0 fully saturated rings. The molecule has 0 heterocycles. The Morgan fingerprint density at radius 2 is 1.29 bits per heavy atom. The predicted molar refractivity (Wildman–Crippen MR) is 130 cm³/mol. The molecule has 148 valence electrons. The normalized spacial score (nSPS) is 10.3. The van der Waals surface area contributed by atoms with Crippen LogP contribution in [-0.2, 0) is 0 Å². The molecule has 0 aliphatic heterocycles. The number of fused-ring (bicyclic) bond motifs is 1. The molecule has 0 unspecified atom stereocenters. The van der Waals surface area contributed by atoms with E-state index in [4.69, 9.17) is 0 Å². The van der Waals surface area contributed by atoms with Crippen LogP contribution in [0.25, 0.3) is 22.9 Å². The fourth-order valence-electron chi connectivity index (χ4n) is 2.66. The number of benzene rings is 3. The SMILES string of the molecule is C/C=c1/cccc(C)/c1=C/C.CC.CC#CC.Cc1ccc2ccccc2c1. The fourth-order valence-corrected chi connectivity index (χ4v) is 2.66. The number of hydrogen-bond donors (Lipinski definition) is 0. The van der Waals surface area contributed by atoms with Crippen LogP contribution >= 0.6 is 0 Å². The first kappa shape index (κ1) is 25.2. The van der Waals surface area contributed by atoms with Crippen LogP contribution in [0.15, 0.2) is 60.7 Å². The van der Waals surface area contributed by atoms with Crippen molar-refractivity contribution in [1.82, 2.24) is 0 Å². The van der Waals surface area contributed by atoms with Gasteiger partial charge in [-0.05, 0) is 68.3 Å². The molecular weight excluding hydrogens is 336 g/mol. The molecule has 0 aromatic heterocycles. The summed E-state index contributed by atoms with van der Waals surface area (Å²) in [6, 6.07) is 21.3. The molecular formula is C28H36. The maximum Gasteiger partial charge on any atom is -0.00271 e. The molecule has 0 aliphatic rings. The molecule has 0 atom stereocenters. The van der Waals surface area contributed by atoms with Crippen LogP contribution in [0.4, 0.5) is 0 Å². The highest BCUT2D eigenvalue weighted by molar-refractivity contribution is 5.82. The molecule has 0 aliphatic carbocycles. The van der Waals surface area contributed by atoms with Gasteiger partial charge < -0.3 is 0 Å². The summed E-state index contributed by atoms with van der Waals surface area (Å²) in [4.78, 5) is 0. The summed E-state index contributed by atoms with van der Waals surface area (Å²) in [7, 11) is 0. The van der Waals surface area contributed by atoms with Crippen LogP contribution in [0.2, 0.25) is 0 Å². The van der Waals surface area contributed by atoms with Crippen LogP contribution in [0.1, 0.15) is 52.7 Å². The number of rotatable bonds is 0. The lowest BCUT2D eigenvalue weighted by atomic mass is 10.1. The first-order valence-corrected chi connectivity index (χ1v) is 10.0. The maximum atomic E-state index is 2.68. The highest BCUT2D eigenvalue weighted by Gasteiger charge is 1.89. The van der Waals surface area contributed by atoms with Crippen LogP contribution in [0.3, 0.4) is 0 Å². The van der Waals surface area contributed by atoms with Crippen molar-refractivity contribution in [3.63, 3.8) is 0 Å². The Kier molecular flexibility index (Phi) is 13.8. The summed E-state index contributed by atoms with van der Waals surface area (Å²) in [6.07, 6.45) is 4.30. The first-order valence-electron chi connectivity index (χ1n) is 10.0. The Bertz CT molecular complexity index is 989. The first-order chi connectivity index (χ1) is 13.6. The minimum atomic E-state index is 1.32. The third-order valence-corrected chi connectivity index (χ3v) is 4.11. The van der Waals surface area contributed by atoms with Gasteiger partial charge >= 0.3 is 0 Å². The number of aryl methyl sites for hydroxylation is 2. The van der Waals surface area contributed by atoms with E-state index >= 15 is 0 Å². The van der Waals surface area contributed by atoms with E-state index in [9.17, 15) is 0 Å². The lowest BCUT2D eigenvalue weighted by molar-refractivity contribution is 1.36. The van der Waals surface area contributed by atoms with Crippen molar-refractivity contribution in [3.05, 3.63) is 82.2 Å². The highest BCUT2D eigenvalue weighted by atomic mass is 13.9. The second kappa shape index (κ2) is 15.3.